The minimum absolute atomic E-state index is 0.00893. The highest BCUT2D eigenvalue weighted by Crippen LogP contribution is 2.58. The van der Waals surface area contributed by atoms with Crippen molar-refractivity contribution in [3.05, 3.63) is 162 Å². The maximum Gasteiger partial charge on any atom is 0.266 e. The smallest absolute Gasteiger partial charge is 0.266 e. The van der Waals surface area contributed by atoms with Crippen LogP contribution in [0.15, 0.2) is 144 Å². The Morgan fingerprint density at radius 1 is 0.738 bits per heavy atom. The van der Waals surface area contributed by atoms with Crippen LogP contribution in [-0.2, 0) is 15.3 Å². The quantitative estimate of drug-likeness (QED) is 0.213. The molecule has 0 saturated carbocycles. The average Bonchev–Trinajstić information content (AvgIpc) is 3.21. The van der Waals surface area contributed by atoms with Crippen molar-refractivity contribution in [2.45, 2.75) is 22.3 Å². The molecule has 2 atom stereocenters. The largest absolute Gasteiger partial charge is 0.497 e. The van der Waals surface area contributed by atoms with E-state index in [0.717, 1.165) is 38.6 Å². The minimum atomic E-state index is -1.11. The number of hydrogen-bond acceptors (Lipinski definition) is 4. The second-order valence-electron chi connectivity index (χ2n) is 10.4. The summed E-state index contributed by atoms with van der Waals surface area (Å²) in [7, 11) is 1.68. The van der Waals surface area contributed by atoms with Gasteiger partial charge < -0.3 is 9.47 Å². The van der Waals surface area contributed by atoms with Gasteiger partial charge in [0.05, 0.1) is 18.4 Å². The van der Waals surface area contributed by atoms with Crippen molar-refractivity contribution in [2.24, 2.45) is 0 Å². The second-order valence-corrected chi connectivity index (χ2v) is 11.6. The lowest BCUT2D eigenvalue weighted by Gasteiger charge is -2.48. The molecule has 2 aliphatic heterocycles. The van der Waals surface area contributed by atoms with E-state index < -0.39 is 5.72 Å². The Labute approximate surface area is 250 Å². The van der Waals surface area contributed by atoms with E-state index in [1.807, 2.05) is 114 Å². The van der Waals surface area contributed by atoms with Gasteiger partial charge in [-0.3, -0.25) is 9.69 Å². The van der Waals surface area contributed by atoms with Crippen molar-refractivity contribution in [3.8, 4) is 5.75 Å². The third-order valence-electron chi connectivity index (χ3n) is 7.92. The van der Waals surface area contributed by atoms with E-state index in [9.17, 15) is 0 Å². The summed E-state index contributed by atoms with van der Waals surface area (Å²) in [5.41, 5.74) is 4.04. The summed E-state index contributed by atoms with van der Waals surface area (Å²) in [5.74, 6) is 1.31. The van der Waals surface area contributed by atoms with Crippen LogP contribution >= 0.6 is 11.8 Å². The Bertz CT molecular complexity index is 1750. The first kappa shape index (κ1) is 26.2. The molecule has 0 saturated heterocycles. The van der Waals surface area contributed by atoms with E-state index >= 15 is 4.79 Å². The molecule has 0 aliphatic carbocycles. The number of thioether (sulfide) groups is 1. The number of benzene rings is 5. The third-order valence-corrected chi connectivity index (χ3v) is 9.25. The Morgan fingerprint density at radius 3 is 2.00 bits per heavy atom. The lowest BCUT2D eigenvalue weighted by Crippen LogP contribution is -2.55. The van der Waals surface area contributed by atoms with E-state index in [1.165, 1.54) is 0 Å². The van der Waals surface area contributed by atoms with Gasteiger partial charge in [-0.05, 0) is 35.4 Å². The summed E-state index contributed by atoms with van der Waals surface area (Å²) in [6.07, 6.45) is 0.535. The summed E-state index contributed by atoms with van der Waals surface area (Å²) < 4.78 is 12.8. The van der Waals surface area contributed by atoms with Gasteiger partial charge in [-0.2, -0.15) is 0 Å². The second kappa shape index (κ2) is 10.9. The molecule has 0 spiro atoms. The molecule has 42 heavy (non-hydrogen) atoms. The molecule has 0 fully saturated rings. The van der Waals surface area contributed by atoms with Crippen molar-refractivity contribution in [1.29, 1.82) is 0 Å². The van der Waals surface area contributed by atoms with Gasteiger partial charge in [0, 0.05) is 27.7 Å². The van der Waals surface area contributed by atoms with E-state index in [2.05, 4.69) is 30.3 Å². The lowest BCUT2D eigenvalue weighted by molar-refractivity contribution is -0.120. The molecule has 2 heterocycles. The number of fused-ring (bicyclic) bond motifs is 3. The fourth-order valence-electron chi connectivity index (χ4n) is 5.92. The summed E-state index contributed by atoms with van der Waals surface area (Å²) in [6, 6.07) is 46.4. The summed E-state index contributed by atoms with van der Waals surface area (Å²) in [6.45, 7) is 0. The fraction of sp³-hybridized carbons (Fsp3) is 0.108. The van der Waals surface area contributed by atoms with Crippen molar-refractivity contribution >= 4 is 34.7 Å². The first-order valence-electron chi connectivity index (χ1n) is 14.0. The van der Waals surface area contributed by atoms with Crippen LogP contribution in [0, 0.1) is 0 Å². The standard InChI is InChI=1S/C37H29NO3S/c1-40-30-23-21-26(22-24-30)33-25-37(29-17-9-4-10-18-29)38(31-19-11-12-20-32(31)42-33)36(39)34(27-13-5-2-6-14-27)35(41-37)28-15-7-3-8-16-28/h2-24,33H,25H2,1H3/t33-,37+/m0/s1. The Kier molecular flexibility index (Phi) is 6.80. The number of carbonyl (C=O) groups excluding carboxylic acids is 1. The van der Waals surface area contributed by atoms with Gasteiger partial charge >= 0.3 is 0 Å². The number of hydrogen-bond donors (Lipinski definition) is 0. The Morgan fingerprint density at radius 2 is 1.33 bits per heavy atom. The molecule has 0 N–H and O–H groups in total. The summed E-state index contributed by atoms with van der Waals surface area (Å²) in [5, 5.41) is -0.00893. The zero-order chi connectivity index (χ0) is 28.5. The predicted octanol–water partition coefficient (Wildman–Crippen LogP) is 8.72. The molecule has 2 aliphatic rings. The number of amides is 1. The van der Waals surface area contributed by atoms with E-state index in [1.54, 1.807) is 18.9 Å². The van der Waals surface area contributed by atoms with Gasteiger partial charge in [-0.1, -0.05) is 115 Å². The van der Waals surface area contributed by atoms with Gasteiger partial charge in [0.1, 0.15) is 11.5 Å². The summed E-state index contributed by atoms with van der Waals surface area (Å²) >= 11 is 1.77. The molecular formula is C37H29NO3S. The number of ether oxygens (including phenoxy) is 2. The zero-order valence-electron chi connectivity index (χ0n) is 23.1. The predicted molar refractivity (Wildman–Crippen MR) is 169 cm³/mol. The first-order valence-corrected chi connectivity index (χ1v) is 14.9. The Hall–Kier alpha value is -4.74. The zero-order valence-corrected chi connectivity index (χ0v) is 24.0. The van der Waals surface area contributed by atoms with Crippen molar-refractivity contribution < 1.29 is 14.3 Å². The molecule has 0 bridgehead atoms. The molecule has 5 aromatic carbocycles. The van der Waals surface area contributed by atoms with E-state index in [-0.39, 0.29) is 11.2 Å². The average molecular weight is 568 g/mol. The first-order chi connectivity index (χ1) is 20.7. The SMILES string of the molecule is COc1ccc([C@@H]2C[C@]3(c4ccccc4)OC(c4ccccc4)=C(c4ccccc4)C(=O)N3c3ccccc3S2)cc1. The highest BCUT2D eigenvalue weighted by atomic mass is 32.2. The van der Waals surface area contributed by atoms with E-state index in [0.29, 0.717) is 17.8 Å². The highest BCUT2D eigenvalue weighted by molar-refractivity contribution is 7.99. The molecule has 5 aromatic rings. The molecule has 206 valence electrons. The van der Waals surface area contributed by atoms with Crippen LogP contribution in [0.4, 0.5) is 5.69 Å². The van der Waals surface area contributed by atoms with Crippen LogP contribution in [-0.4, -0.2) is 13.0 Å². The van der Waals surface area contributed by atoms with Gasteiger partial charge in [0.2, 0.25) is 5.72 Å². The van der Waals surface area contributed by atoms with Crippen LogP contribution in [0.1, 0.15) is 33.9 Å². The number of rotatable bonds is 5. The lowest BCUT2D eigenvalue weighted by atomic mass is 9.87. The highest BCUT2D eigenvalue weighted by Gasteiger charge is 2.54. The number of methoxy groups -OCH3 is 1. The van der Waals surface area contributed by atoms with Crippen LogP contribution in [0.3, 0.4) is 0 Å². The minimum Gasteiger partial charge on any atom is -0.497 e. The van der Waals surface area contributed by atoms with Gasteiger partial charge in [0.25, 0.3) is 5.91 Å². The van der Waals surface area contributed by atoms with Crippen molar-refractivity contribution in [3.63, 3.8) is 0 Å². The summed E-state index contributed by atoms with van der Waals surface area (Å²) in [4.78, 5) is 18.1. The molecular weight excluding hydrogens is 538 g/mol. The number of anilines is 1. The van der Waals surface area contributed by atoms with E-state index in [4.69, 9.17) is 9.47 Å². The normalized spacial score (nSPS) is 19.8. The molecule has 0 unspecified atom stereocenters. The molecule has 0 aromatic heterocycles. The van der Waals surface area contributed by atoms with Gasteiger partial charge in [-0.15, -0.1) is 11.8 Å². The van der Waals surface area contributed by atoms with Crippen LogP contribution in [0.2, 0.25) is 0 Å². The van der Waals surface area contributed by atoms with Crippen molar-refractivity contribution in [1.82, 2.24) is 0 Å². The molecule has 0 radical (unpaired) electrons. The fourth-order valence-corrected chi connectivity index (χ4v) is 7.27. The van der Waals surface area contributed by atoms with Crippen LogP contribution in [0.25, 0.3) is 11.3 Å². The maximum absolute atomic E-state index is 15.1. The van der Waals surface area contributed by atoms with Gasteiger partial charge in [-0.25, -0.2) is 0 Å². The van der Waals surface area contributed by atoms with Crippen LogP contribution < -0.4 is 9.64 Å². The molecule has 4 nitrogen and oxygen atoms in total. The third kappa shape index (κ3) is 4.47. The molecule has 7 rings (SSSR count). The monoisotopic (exact) mass is 567 g/mol. The number of nitrogens with zero attached hydrogens (tertiary/aromatic N) is 1. The number of para-hydroxylation sites is 1. The molecule has 1 amide bonds. The van der Waals surface area contributed by atoms with Gasteiger partial charge in [0.15, 0.2) is 0 Å². The van der Waals surface area contributed by atoms with Crippen molar-refractivity contribution in [2.75, 3.05) is 12.0 Å². The maximum atomic E-state index is 15.1. The van der Waals surface area contributed by atoms with Crippen LogP contribution in [0.5, 0.6) is 5.75 Å². The Balaban J connectivity index is 1.52. The number of carbonyl (C=O) groups is 1. The molecule has 5 heteroatoms. The topological polar surface area (TPSA) is 38.8 Å².